The van der Waals surface area contributed by atoms with Gasteiger partial charge in [0.05, 0.1) is 0 Å². The Morgan fingerprint density at radius 2 is 1.81 bits per heavy atom. The molecule has 5 heteroatoms. The quantitative estimate of drug-likeness (QED) is 0.789. The van der Waals surface area contributed by atoms with E-state index in [1.54, 1.807) is 24.3 Å². The lowest BCUT2D eigenvalue weighted by Gasteiger charge is -2.10. The minimum absolute atomic E-state index is 0.609. The molecule has 0 saturated carbocycles. The van der Waals surface area contributed by atoms with E-state index < -0.39 is 18.7 Å². The molecule has 86 valence electrons. The van der Waals surface area contributed by atoms with Gasteiger partial charge in [-0.25, -0.2) is 0 Å². The fourth-order valence-corrected chi connectivity index (χ4v) is 1.16. The molecule has 1 aromatic carbocycles. The maximum atomic E-state index is 11.9. The molecule has 0 aliphatic carbocycles. The van der Waals surface area contributed by atoms with Gasteiger partial charge in [0.2, 0.25) is 0 Å². The number of rotatable bonds is 1. The van der Waals surface area contributed by atoms with Crippen LogP contribution in [0, 0.1) is 11.8 Å². The van der Waals surface area contributed by atoms with Crippen LogP contribution >= 0.6 is 15.9 Å². The topological polar surface area (TPSA) is 20.2 Å². The summed E-state index contributed by atoms with van der Waals surface area (Å²) in [4.78, 5) is 0. The molecular formula is C11H8BrF3O. The van der Waals surface area contributed by atoms with Crippen LogP contribution in [0.5, 0.6) is 0 Å². The van der Waals surface area contributed by atoms with Gasteiger partial charge >= 0.3 is 6.18 Å². The average molecular weight is 293 g/mol. The highest BCUT2D eigenvalue weighted by molar-refractivity contribution is 9.10. The number of halogens is 4. The van der Waals surface area contributed by atoms with Gasteiger partial charge in [-0.15, -0.1) is 0 Å². The van der Waals surface area contributed by atoms with Crippen molar-refractivity contribution in [3.05, 3.63) is 34.3 Å². The van der Waals surface area contributed by atoms with E-state index in [9.17, 15) is 13.2 Å². The molecule has 0 spiro atoms. The monoisotopic (exact) mass is 292 g/mol. The normalized spacial score (nSPS) is 12.8. The molecule has 1 aromatic rings. The summed E-state index contributed by atoms with van der Waals surface area (Å²) in [6.07, 6.45) is -7.59. The molecule has 1 unspecified atom stereocenters. The van der Waals surface area contributed by atoms with Crippen LogP contribution in [0.3, 0.4) is 0 Å². The molecule has 1 N–H and O–H groups in total. The van der Waals surface area contributed by atoms with Crippen molar-refractivity contribution in [3.8, 4) is 11.8 Å². The third-order valence-electron chi connectivity index (χ3n) is 1.75. The molecular weight excluding hydrogens is 285 g/mol. The van der Waals surface area contributed by atoms with Gasteiger partial charge in [-0.3, -0.25) is 0 Å². The fourth-order valence-electron chi connectivity index (χ4n) is 0.899. The van der Waals surface area contributed by atoms with Gasteiger partial charge in [-0.05, 0) is 24.3 Å². The van der Waals surface area contributed by atoms with E-state index in [2.05, 4.69) is 27.8 Å². The van der Waals surface area contributed by atoms with Crippen molar-refractivity contribution in [2.24, 2.45) is 0 Å². The van der Waals surface area contributed by atoms with Gasteiger partial charge in [-0.2, -0.15) is 13.2 Å². The summed E-state index contributed by atoms with van der Waals surface area (Å²) in [7, 11) is 0. The van der Waals surface area contributed by atoms with Gasteiger partial charge in [-0.1, -0.05) is 27.8 Å². The predicted molar refractivity (Wildman–Crippen MR) is 57.7 cm³/mol. The highest BCUT2D eigenvalue weighted by atomic mass is 79.9. The first-order valence-electron chi connectivity index (χ1n) is 4.39. The third kappa shape index (κ3) is 4.25. The fraction of sp³-hybridized carbons (Fsp3) is 0.273. The Morgan fingerprint density at radius 3 is 2.31 bits per heavy atom. The van der Waals surface area contributed by atoms with Crippen molar-refractivity contribution in [3.63, 3.8) is 0 Å². The number of hydrogen-bond acceptors (Lipinski definition) is 1. The van der Waals surface area contributed by atoms with Crippen LogP contribution < -0.4 is 0 Å². The van der Waals surface area contributed by atoms with Crippen LogP contribution in [0.25, 0.3) is 0 Å². The van der Waals surface area contributed by atoms with Crippen molar-refractivity contribution in [1.29, 1.82) is 0 Å². The number of aliphatic hydroxyl groups excluding tert-OH is 1. The smallest absolute Gasteiger partial charge is 0.383 e. The Hall–Kier alpha value is -0.990. The van der Waals surface area contributed by atoms with E-state index in [4.69, 9.17) is 5.11 Å². The number of benzene rings is 1. The molecule has 0 amide bonds. The highest BCUT2D eigenvalue weighted by Crippen LogP contribution is 2.21. The molecule has 0 bridgehead atoms. The molecule has 0 aromatic heterocycles. The van der Waals surface area contributed by atoms with Crippen molar-refractivity contribution >= 4 is 15.9 Å². The number of alkyl halides is 3. The van der Waals surface area contributed by atoms with E-state index in [0.29, 0.717) is 5.56 Å². The van der Waals surface area contributed by atoms with Crippen LogP contribution in [0.4, 0.5) is 13.2 Å². The Morgan fingerprint density at radius 1 is 1.25 bits per heavy atom. The van der Waals surface area contributed by atoms with Crippen LogP contribution in [-0.4, -0.2) is 17.4 Å². The minimum Gasteiger partial charge on any atom is -0.383 e. The molecule has 0 saturated heterocycles. The lowest BCUT2D eigenvalue weighted by atomic mass is 10.2. The van der Waals surface area contributed by atoms with E-state index in [1.165, 1.54) is 0 Å². The summed E-state index contributed by atoms with van der Waals surface area (Å²) < 4.78 is 36.6. The van der Waals surface area contributed by atoms with Crippen LogP contribution in [0.15, 0.2) is 28.7 Å². The Bertz CT molecular complexity index is 400. The molecule has 0 fully saturated rings. The largest absolute Gasteiger partial charge is 0.415 e. The standard InChI is InChI=1S/C11H8BrF3O/c12-9-6-4-8(5-7-9)2-1-3-10(16)11(13,14)15/h4-7,10,16H,3H2. The van der Waals surface area contributed by atoms with Crippen molar-refractivity contribution in [2.45, 2.75) is 18.7 Å². The minimum atomic E-state index is -4.60. The van der Waals surface area contributed by atoms with E-state index in [-0.39, 0.29) is 0 Å². The van der Waals surface area contributed by atoms with Gasteiger partial charge in [0.15, 0.2) is 6.10 Å². The van der Waals surface area contributed by atoms with E-state index in [1.807, 2.05) is 0 Å². The first-order valence-corrected chi connectivity index (χ1v) is 5.18. The van der Waals surface area contributed by atoms with E-state index >= 15 is 0 Å². The number of aliphatic hydroxyl groups is 1. The Balaban J connectivity index is 2.59. The lowest BCUT2D eigenvalue weighted by molar-refractivity contribution is -0.201. The Kier molecular flexibility index (Phi) is 4.39. The number of hydrogen-bond donors (Lipinski definition) is 1. The van der Waals surface area contributed by atoms with Crippen LogP contribution in [0.1, 0.15) is 12.0 Å². The second kappa shape index (κ2) is 5.37. The molecule has 0 aliphatic rings. The van der Waals surface area contributed by atoms with Gasteiger partial charge in [0.1, 0.15) is 0 Å². The van der Waals surface area contributed by atoms with Gasteiger partial charge in [0, 0.05) is 16.5 Å². The first-order chi connectivity index (χ1) is 7.39. The van der Waals surface area contributed by atoms with Crippen molar-refractivity contribution in [1.82, 2.24) is 0 Å². The molecule has 1 atom stereocenters. The average Bonchev–Trinajstić information content (AvgIpc) is 2.19. The predicted octanol–water partition coefficient (Wildman–Crippen LogP) is 3.11. The first kappa shape index (κ1) is 13.1. The zero-order valence-electron chi connectivity index (χ0n) is 8.05. The molecule has 1 rings (SSSR count). The highest BCUT2D eigenvalue weighted by Gasteiger charge is 2.37. The summed E-state index contributed by atoms with van der Waals surface area (Å²) in [6.45, 7) is 0. The molecule has 16 heavy (non-hydrogen) atoms. The zero-order valence-corrected chi connectivity index (χ0v) is 9.64. The second-order valence-corrected chi connectivity index (χ2v) is 3.99. The van der Waals surface area contributed by atoms with Crippen molar-refractivity contribution in [2.75, 3.05) is 0 Å². The summed E-state index contributed by atoms with van der Waals surface area (Å²) >= 11 is 3.23. The lowest BCUT2D eigenvalue weighted by Crippen LogP contribution is -2.27. The van der Waals surface area contributed by atoms with Gasteiger partial charge < -0.3 is 5.11 Å². The SMILES string of the molecule is OC(CC#Cc1ccc(Br)cc1)C(F)(F)F. The Labute approximate surface area is 99.4 Å². The van der Waals surface area contributed by atoms with Gasteiger partial charge in [0.25, 0.3) is 0 Å². The molecule has 0 radical (unpaired) electrons. The van der Waals surface area contributed by atoms with E-state index in [0.717, 1.165) is 4.47 Å². The second-order valence-electron chi connectivity index (χ2n) is 3.07. The van der Waals surface area contributed by atoms with Crippen molar-refractivity contribution < 1.29 is 18.3 Å². The van der Waals surface area contributed by atoms with Crippen LogP contribution in [-0.2, 0) is 0 Å². The third-order valence-corrected chi connectivity index (χ3v) is 2.28. The molecule has 0 aliphatic heterocycles. The summed E-state index contributed by atoms with van der Waals surface area (Å²) in [6, 6.07) is 6.84. The van der Waals surface area contributed by atoms with Crippen LogP contribution in [0.2, 0.25) is 0 Å². The summed E-state index contributed by atoms with van der Waals surface area (Å²) in [5.41, 5.74) is 0.609. The zero-order chi connectivity index (χ0) is 12.2. The summed E-state index contributed by atoms with van der Waals surface area (Å²) in [5.74, 6) is 4.84. The molecule has 0 heterocycles. The maximum absolute atomic E-state index is 11.9. The maximum Gasteiger partial charge on any atom is 0.415 e. The summed E-state index contributed by atoms with van der Waals surface area (Å²) in [5, 5.41) is 8.67. The molecule has 1 nitrogen and oxygen atoms in total.